The molecule has 0 aromatic heterocycles. The van der Waals surface area contributed by atoms with Crippen LogP contribution < -0.4 is 0 Å². The summed E-state index contributed by atoms with van der Waals surface area (Å²) in [5, 5.41) is 13.7. The van der Waals surface area contributed by atoms with Crippen LogP contribution >= 0.6 is 0 Å². The van der Waals surface area contributed by atoms with Gasteiger partial charge in [-0.3, -0.25) is 0 Å². The van der Waals surface area contributed by atoms with E-state index in [0.29, 0.717) is 0 Å². The van der Waals surface area contributed by atoms with E-state index in [1.54, 1.807) is 0 Å². The van der Waals surface area contributed by atoms with Crippen LogP contribution in [0.4, 0.5) is 0 Å². The van der Waals surface area contributed by atoms with Crippen LogP contribution in [-0.2, 0) is 10.8 Å². The Labute approximate surface area is 156 Å². The number of hydrogen-bond donors (Lipinski definition) is 1. The zero-order valence-electron chi connectivity index (χ0n) is 16.2. The highest BCUT2D eigenvalue weighted by atomic mass is 16.3. The molecule has 0 spiro atoms. The van der Waals surface area contributed by atoms with Gasteiger partial charge in [-0.05, 0) is 62.8 Å². The van der Waals surface area contributed by atoms with Gasteiger partial charge in [-0.1, -0.05) is 82.3 Å². The summed E-state index contributed by atoms with van der Waals surface area (Å²) in [5.41, 5.74) is 5.01. The molecule has 1 atom stereocenters. The van der Waals surface area contributed by atoms with Crippen LogP contribution in [0.1, 0.15) is 68.9 Å². The van der Waals surface area contributed by atoms with Crippen molar-refractivity contribution in [3.63, 3.8) is 0 Å². The minimum atomic E-state index is -0.595. The molecule has 3 aromatic carbocycles. The number of benzene rings is 3. The van der Waals surface area contributed by atoms with Gasteiger partial charge in [0.25, 0.3) is 0 Å². The summed E-state index contributed by atoms with van der Waals surface area (Å²) in [7, 11) is 0. The Bertz CT molecular complexity index is 965. The summed E-state index contributed by atoms with van der Waals surface area (Å²) in [5.74, 6) is 0. The molecule has 1 N–H and O–H groups in total. The molecule has 0 heterocycles. The molecule has 3 aromatic rings. The van der Waals surface area contributed by atoms with E-state index in [-0.39, 0.29) is 10.8 Å². The monoisotopic (exact) mass is 344 g/mol. The normalized spacial score (nSPS) is 19.1. The summed E-state index contributed by atoms with van der Waals surface area (Å²) < 4.78 is 0. The van der Waals surface area contributed by atoms with E-state index in [4.69, 9.17) is 0 Å². The molecule has 0 saturated heterocycles. The number of fused-ring (bicyclic) bond motifs is 2. The second-order valence-electron chi connectivity index (χ2n) is 9.05. The van der Waals surface area contributed by atoms with Crippen LogP contribution in [0.15, 0.2) is 60.7 Å². The summed E-state index contributed by atoms with van der Waals surface area (Å²) in [4.78, 5) is 0. The lowest BCUT2D eigenvalue weighted by molar-refractivity contribution is 0.213. The van der Waals surface area contributed by atoms with Crippen LogP contribution in [-0.4, -0.2) is 5.11 Å². The third kappa shape index (κ3) is 2.75. The third-order valence-corrected chi connectivity index (χ3v) is 6.26. The average Bonchev–Trinajstić information content (AvgIpc) is 2.64. The van der Waals surface area contributed by atoms with Crippen LogP contribution in [0.5, 0.6) is 0 Å². The molecule has 1 nitrogen and oxygen atoms in total. The van der Waals surface area contributed by atoms with Crippen LogP contribution in [0, 0.1) is 0 Å². The molecule has 0 bridgehead atoms. The number of rotatable bonds is 2. The number of hydrogen-bond acceptors (Lipinski definition) is 1. The van der Waals surface area contributed by atoms with Gasteiger partial charge in [-0.2, -0.15) is 0 Å². The summed E-state index contributed by atoms with van der Waals surface area (Å²) in [6, 6.07) is 21.1. The topological polar surface area (TPSA) is 20.2 Å². The third-order valence-electron chi connectivity index (χ3n) is 6.26. The number of aliphatic hydroxyl groups is 1. The van der Waals surface area contributed by atoms with Gasteiger partial charge in [-0.15, -0.1) is 0 Å². The number of aliphatic hydroxyl groups excluding tert-OH is 1. The van der Waals surface area contributed by atoms with Crippen molar-refractivity contribution < 1.29 is 5.11 Å². The fourth-order valence-corrected chi connectivity index (χ4v) is 4.56. The Kier molecular flexibility index (Phi) is 3.96. The predicted molar refractivity (Wildman–Crippen MR) is 110 cm³/mol. The van der Waals surface area contributed by atoms with Crippen molar-refractivity contribution in [2.24, 2.45) is 0 Å². The SMILES string of the molecule is CC1(C)CCC(C)(C)c2c(C(O)c3ccc4ccccc4c3)cccc21. The van der Waals surface area contributed by atoms with Gasteiger partial charge in [0.1, 0.15) is 6.10 Å². The first-order valence-electron chi connectivity index (χ1n) is 9.60. The molecule has 4 rings (SSSR count). The van der Waals surface area contributed by atoms with Gasteiger partial charge in [-0.25, -0.2) is 0 Å². The van der Waals surface area contributed by atoms with Gasteiger partial charge in [0.15, 0.2) is 0 Å². The van der Waals surface area contributed by atoms with Gasteiger partial charge < -0.3 is 5.11 Å². The quantitative estimate of drug-likeness (QED) is 0.581. The van der Waals surface area contributed by atoms with Gasteiger partial charge in [0, 0.05) is 0 Å². The van der Waals surface area contributed by atoms with Crippen LogP contribution in [0.3, 0.4) is 0 Å². The van der Waals surface area contributed by atoms with E-state index in [1.807, 2.05) is 0 Å². The van der Waals surface area contributed by atoms with Crippen molar-refractivity contribution >= 4 is 10.8 Å². The Morgan fingerprint density at radius 2 is 1.46 bits per heavy atom. The molecule has 1 aliphatic carbocycles. The Morgan fingerprint density at radius 3 is 2.23 bits per heavy atom. The first kappa shape index (κ1) is 17.3. The van der Waals surface area contributed by atoms with E-state index < -0.39 is 6.10 Å². The van der Waals surface area contributed by atoms with E-state index in [9.17, 15) is 5.11 Å². The maximum Gasteiger partial charge on any atom is 0.104 e. The van der Waals surface area contributed by atoms with Gasteiger partial charge >= 0.3 is 0 Å². The van der Waals surface area contributed by atoms with Crippen LogP contribution in [0.25, 0.3) is 10.8 Å². The maximum absolute atomic E-state index is 11.3. The van der Waals surface area contributed by atoms with Crippen molar-refractivity contribution in [2.75, 3.05) is 0 Å². The lowest BCUT2D eigenvalue weighted by Gasteiger charge is -2.43. The van der Waals surface area contributed by atoms with E-state index >= 15 is 0 Å². The van der Waals surface area contributed by atoms with Crippen LogP contribution in [0.2, 0.25) is 0 Å². The van der Waals surface area contributed by atoms with Crippen molar-refractivity contribution in [1.29, 1.82) is 0 Å². The Morgan fingerprint density at radius 1 is 0.769 bits per heavy atom. The van der Waals surface area contributed by atoms with Crippen molar-refractivity contribution in [1.82, 2.24) is 0 Å². The van der Waals surface area contributed by atoms with E-state index in [0.717, 1.165) is 17.5 Å². The highest BCUT2D eigenvalue weighted by Crippen LogP contribution is 2.48. The zero-order chi connectivity index (χ0) is 18.5. The zero-order valence-corrected chi connectivity index (χ0v) is 16.2. The fraction of sp³-hybridized carbons (Fsp3) is 0.360. The second-order valence-corrected chi connectivity index (χ2v) is 9.05. The molecule has 1 unspecified atom stereocenters. The molecular formula is C25H28O. The van der Waals surface area contributed by atoms with Gasteiger partial charge in [0.05, 0.1) is 0 Å². The molecule has 0 aliphatic heterocycles. The summed E-state index contributed by atoms with van der Waals surface area (Å²) >= 11 is 0. The Hall–Kier alpha value is -2.12. The lowest BCUT2D eigenvalue weighted by atomic mass is 9.61. The standard InChI is InChI=1S/C25H28O/c1-24(2)14-15-25(3,4)22-20(10-7-11-21(22)24)23(26)19-13-12-17-8-5-6-9-18(17)16-19/h5-13,16,23,26H,14-15H2,1-4H3. The fourth-order valence-electron chi connectivity index (χ4n) is 4.56. The van der Waals surface area contributed by atoms with Crippen molar-refractivity contribution in [3.05, 3.63) is 82.9 Å². The molecule has 1 heteroatoms. The predicted octanol–water partition coefficient (Wildman–Crippen LogP) is 6.27. The Balaban J connectivity index is 1.87. The molecule has 0 amide bonds. The molecular weight excluding hydrogens is 316 g/mol. The first-order valence-corrected chi connectivity index (χ1v) is 9.60. The lowest BCUT2D eigenvalue weighted by Crippen LogP contribution is -2.35. The molecule has 134 valence electrons. The molecule has 0 fully saturated rings. The molecule has 0 saturated carbocycles. The molecule has 0 radical (unpaired) electrons. The maximum atomic E-state index is 11.3. The summed E-state index contributed by atoms with van der Waals surface area (Å²) in [6.45, 7) is 9.29. The summed E-state index contributed by atoms with van der Waals surface area (Å²) in [6.07, 6.45) is 1.74. The van der Waals surface area contributed by atoms with E-state index in [2.05, 4.69) is 88.4 Å². The minimum Gasteiger partial charge on any atom is -0.384 e. The smallest absolute Gasteiger partial charge is 0.104 e. The second kappa shape index (κ2) is 5.96. The highest BCUT2D eigenvalue weighted by Gasteiger charge is 2.39. The largest absolute Gasteiger partial charge is 0.384 e. The minimum absolute atomic E-state index is 0.0826. The highest BCUT2D eigenvalue weighted by molar-refractivity contribution is 5.83. The molecule has 1 aliphatic rings. The van der Waals surface area contributed by atoms with E-state index in [1.165, 1.54) is 28.3 Å². The van der Waals surface area contributed by atoms with Crippen molar-refractivity contribution in [2.45, 2.75) is 57.5 Å². The molecule has 26 heavy (non-hydrogen) atoms. The van der Waals surface area contributed by atoms with Crippen molar-refractivity contribution in [3.8, 4) is 0 Å². The van der Waals surface area contributed by atoms with Gasteiger partial charge in [0.2, 0.25) is 0 Å². The average molecular weight is 344 g/mol. The first-order chi connectivity index (χ1) is 12.3.